The van der Waals surface area contributed by atoms with Crippen LogP contribution < -0.4 is 5.73 Å². The lowest BCUT2D eigenvalue weighted by atomic mass is 9.76. The molecule has 0 saturated carbocycles. The number of ether oxygens (including phenoxy) is 1. The van der Waals surface area contributed by atoms with Crippen molar-refractivity contribution in [3.63, 3.8) is 0 Å². The number of carbonyl (C=O) groups excluding carboxylic acids is 1. The predicted molar refractivity (Wildman–Crippen MR) is 138 cm³/mol. The maximum Gasteiger partial charge on any atom is 0.339 e. The van der Waals surface area contributed by atoms with Crippen LogP contribution in [0.15, 0.2) is 122 Å². The molecule has 0 bridgehead atoms. The van der Waals surface area contributed by atoms with Crippen molar-refractivity contribution in [1.82, 2.24) is 9.55 Å². The standard InChI is InChI=1S/C30H25N3O2/c1-35-29(34)26-19-22(17-18-27(26)31)28-20-32-21-33(28)30(23-11-5-2-6-12-23,24-13-7-3-8-14-24)25-15-9-4-10-16-25/h2-21H,31H2,1H3. The summed E-state index contributed by atoms with van der Waals surface area (Å²) in [6, 6.07) is 36.5. The average molecular weight is 460 g/mol. The van der Waals surface area contributed by atoms with E-state index >= 15 is 0 Å². The Morgan fingerprint density at radius 3 is 1.80 bits per heavy atom. The molecule has 0 aliphatic rings. The zero-order chi connectivity index (χ0) is 24.3. The van der Waals surface area contributed by atoms with Gasteiger partial charge in [-0.1, -0.05) is 97.1 Å². The van der Waals surface area contributed by atoms with Crippen molar-refractivity contribution in [2.24, 2.45) is 0 Å². The molecule has 2 N–H and O–H groups in total. The number of nitrogens with zero attached hydrogens (tertiary/aromatic N) is 2. The van der Waals surface area contributed by atoms with Crippen molar-refractivity contribution in [3.05, 3.63) is 144 Å². The monoisotopic (exact) mass is 459 g/mol. The Balaban J connectivity index is 1.85. The highest BCUT2D eigenvalue weighted by molar-refractivity contribution is 5.96. The van der Waals surface area contributed by atoms with Crippen LogP contribution in [0.1, 0.15) is 27.0 Å². The number of carbonyl (C=O) groups is 1. The van der Waals surface area contributed by atoms with Crippen LogP contribution in [0.25, 0.3) is 11.3 Å². The molecule has 5 nitrogen and oxygen atoms in total. The molecule has 1 heterocycles. The first-order chi connectivity index (χ1) is 17.2. The molecule has 0 unspecified atom stereocenters. The van der Waals surface area contributed by atoms with Gasteiger partial charge in [0.25, 0.3) is 0 Å². The van der Waals surface area contributed by atoms with Crippen LogP contribution in [-0.4, -0.2) is 22.6 Å². The van der Waals surface area contributed by atoms with E-state index < -0.39 is 11.5 Å². The first-order valence-electron chi connectivity index (χ1n) is 11.3. The number of aromatic nitrogens is 2. The number of imidazole rings is 1. The summed E-state index contributed by atoms with van der Waals surface area (Å²) in [6.07, 6.45) is 3.66. The van der Waals surface area contributed by atoms with Gasteiger partial charge >= 0.3 is 5.97 Å². The van der Waals surface area contributed by atoms with Crippen molar-refractivity contribution >= 4 is 11.7 Å². The summed E-state index contributed by atoms with van der Waals surface area (Å²) < 4.78 is 7.12. The topological polar surface area (TPSA) is 70.1 Å². The highest BCUT2D eigenvalue weighted by Crippen LogP contribution is 2.43. The van der Waals surface area contributed by atoms with E-state index in [9.17, 15) is 4.79 Å². The number of benzene rings is 4. The minimum absolute atomic E-state index is 0.322. The fourth-order valence-corrected chi connectivity index (χ4v) is 4.73. The molecule has 5 heteroatoms. The predicted octanol–water partition coefficient (Wildman–Crippen LogP) is 5.76. The van der Waals surface area contributed by atoms with Gasteiger partial charge in [0, 0.05) is 11.3 Å². The Morgan fingerprint density at radius 1 is 0.800 bits per heavy atom. The summed E-state index contributed by atoms with van der Waals surface area (Å²) in [4.78, 5) is 17.0. The van der Waals surface area contributed by atoms with Crippen molar-refractivity contribution in [2.45, 2.75) is 5.54 Å². The molecule has 5 aromatic rings. The van der Waals surface area contributed by atoms with E-state index in [2.05, 4.69) is 45.9 Å². The lowest BCUT2D eigenvalue weighted by Crippen LogP contribution is -2.37. The molecule has 0 aliphatic carbocycles. The molecule has 0 fully saturated rings. The van der Waals surface area contributed by atoms with Crippen LogP contribution in [-0.2, 0) is 10.3 Å². The molecular formula is C30H25N3O2. The lowest BCUT2D eigenvalue weighted by molar-refractivity contribution is 0.0602. The largest absolute Gasteiger partial charge is 0.465 e. The van der Waals surface area contributed by atoms with Gasteiger partial charge in [-0.15, -0.1) is 0 Å². The van der Waals surface area contributed by atoms with Gasteiger partial charge in [0.1, 0.15) is 5.54 Å². The van der Waals surface area contributed by atoms with E-state index in [1.165, 1.54) is 7.11 Å². The second-order valence-electron chi connectivity index (χ2n) is 8.25. The van der Waals surface area contributed by atoms with Crippen molar-refractivity contribution in [2.75, 3.05) is 12.8 Å². The molecule has 0 amide bonds. The van der Waals surface area contributed by atoms with Gasteiger partial charge in [-0.3, -0.25) is 0 Å². The van der Waals surface area contributed by atoms with Crippen LogP contribution in [0, 0.1) is 0 Å². The molecule has 0 saturated heterocycles. The van der Waals surface area contributed by atoms with Gasteiger partial charge in [0.15, 0.2) is 0 Å². The summed E-state index contributed by atoms with van der Waals surface area (Å²) >= 11 is 0. The molecule has 0 atom stereocenters. The molecule has 0 radical (unpaired) electrons. The van der Waals surface area contributed by atoms with Crippen LogP contribution in [0.3, 0.4) is 0 Å². The van der Waals surface area contributed by atoms with E-state index in [-0.39, 0.29) is 0 Å². The summed E-state index contributed by atoms with van der Waals surface area (Å²) in [5.41, 5.74) is 11.0. The molecule has 0 aliphatic heterocycles. The summed E-state index contributed by atoms with van der Waals surface area (Å²) in [5, 5.41) is 0. The summed E-state index contributed by atoms with van der Waals surface area (Å²) in [5.74, 6) is -0.476. The average Bonchev–Trinajstić information content (AvgIpc) is 3.41. The van der Waals surface area contributed by atoms with E-state index in [0.717, 1.165) is 27.9 Å². The Bertz CT molecular complexity index is 1350. The van der Waals surface area contributed by atoms with Crippen molar-refractivity contribution in [1.29, 1.82) is 0 Å². The molecule has 172 valence electrons. The third kappa shape index (κ3) is 3.77. The molecular weight excluding hydrogens is 434 g/mol. The SMILES string of the molecule is COC(=O)c1cc(-c2cncn2C(c2ccccc2)(c2ccccc2)c2ccccc2)ccc1N. The Labute approximate surface area is 204 Å². The number of methoxy groups -OCH3 is 1. The highest BCUT2D eigenvalue weighted by atomic mass is 16.5. The molecule has 4 aromatic carbocycles. The summed E-state index contributed by atoms with van der Waals surface area (Å²) in [7, 11) is 1.35. The fraction of sp³-hybridized carbons (Fsp3) is 0.0667. The molecule has 35 heavy (non-hydrogen) atoms. The van der Waals surface area contributed by atoms with Gasteiger partial charge in [0.2, 0.25) is 0 Å². The molecule has 0 spiro atoms. The first kappa shape index (κ1) is 22.2. The Kier molecular flexibility index (Phi) is 5.90. The minimum atomic E-state index is -0.720. The summed E-state index contributed by atoms with van der Waals surface area (Å²) in [6.45, 7) is 0. The van der Waals surface area contributed by atoms with Gasteiger partial charge in [-0.25, -0.2) is 9.78 Å². The van der Waals surface area contributed by atoms with E-state index in [4.69, 9.17) is 10.5 Å². The maximum atomic E-state index is 12.4. The highest BCUT2D eigenvalue weighted by Gasteiger charge is 2.39. The fourth-order valence-electron chi connectivity index (χ4n) is 4.73. The number of hydrogen-bond acceptors (Lipinski definition) is 4. The van der Waals surface area contributed by atoms with Gasteiger partial charge < -0.3 is 15.0 Å². The third-order valence-corrected chi connectivity index (χ3v) is 6.33. The Hall–Kier alpha value is -4.64. The number of hydrogen-bond donors (Lipinski definition) is 1. The van der Waals surface area contributed by atoms with Crippen LogP contribution in [0.5, 0.6) is 0 Å². The van der Waals surface area contributed by atoms with E-state index in [1.54, 1.807) is 12.1 Å². The van der Waals surface area contributed by atoms with Gasteiger partial charge in [-0.2, -0.15) is 0 Å². The van der Waals surface area contributed by atoms with Gasteiger partial charge in [0.05, 0.1) is 30.9 Å². The third-order valence-electron chi connectivity index (χ3n) is 6.33. The number of nitrogen functional groups attached to an aromatic ring is 1. The Morgan fingerprint density at radius 2 is 1.31 bits per heavy atom. The number of nitrogens with two attached hydrogens (primary N) is 1. The number of anilines is 1. The van der Waals surface area contributed by atoms with E-state index in [1.807, 2.05) is 73.2 Å². The number of esters is 1. The second-order valence-corrected chi connectivity index (χ2v) is 8.25. The van der Waals surface area contributed by atoms with Crippen molar-refractivity contribution < 1.29 is 9.53 Å². The van der Waals surface area contributed by atoms with Crippen molar-refractivity contribution in [3.8, 4) is 11.3 Å². The van der Waals surface area contributed by atoms with Crippen LogP contribution in [0.4, 0.5) is 5.69 Å². The molecule has 1 aromatic heterocycles. The van der Waals surface area contributed by atoms with Gasteiger partial charge in [-0.05, 0) is 28.8 Å². The first-order valence-corrected chi connectivity index (χ1v) is 11.3. The normalized spacial score (nSPS) is 11.2. The second kappa shape index (κ2) is 9.31. The van der Waals surface area contributed by atoms with Crippen LogP contribution in [0.2, 0.25) is 0 Å². The smallest absolute Gasteiger partial charge is 0.339 e. The maximum absolute atomic E-state index is 12.4. The lowest BCUT2D eigenvalue weighted by Gasteiger charge is -2.38. The quantitative estimate of drug-likeness (QED) is 0.199. The molecule has 5 rings (SSSR count). The minimum Gasteiger partial charge on any atom is -0.465 e. The van der Waals surface area contributed by atoms with Crippen LogP contribution >= 0.6 is 0 Å². The van der Waals surface area contributed by atoms with E-state index in [0.29, 0.717) is 11.3 Å². The zero-order valence-corrected chi connectivity index (χ0v) is 19.3. The number of rotatable bonds is 6. The zero-order valence-electron chi connectivity index (χ0n) is 19.3.